The van der Waals surface area contributed by atoms with Crippen LogP contribution in [0.2, 0.25) is 0 Å². The molecular formula is C23H24N2. The molecule has 5 aromatic rings. The summed E-state index contributed by atoms with van der Waals surface area (Å²) in [7, 11) is 0. The van der Waals surface area contributed by atoms with Crippen molar-refractivity contribution in [1.29, 1.82) is 0 Å². The molecule has 0 saturated carbocycles. The molecule has 0 fully saturated rings. The Labute approximate surface area is 148 Å². The molecule has 0 N–H and O–H groups in total. The van der Waals surface area contributed by atoms with Crippen molar-refractivity contribution in [1.82, 2.24) is 9.38 Å². The van der Waals surface area contributed by atoms with Crippen molar-refractivity contribution in [3.63, 3.8) is 0 Å². The van der Waals surface area contributed by atoms with E-state index in [0.29, 0.717) is 0 Å². The predicted octanol–water partition coefficient (Wildman–Crippen LogP) is 6.85. The molecule has 0 radical (unpaired) electrons. The zero-order valence-electron chi connectivity index (χ0n) is 15.3. The molecule has 0 aliphatic heterocycles. The molecule has 2 aromatic heterocycles. The van der Waals surface area contributed by atoms with Gasteiger partial charge >= 0.3 is 0 Å². The zero-order valence-corrected chi connectivity index (χ0v) is 15.3. The number of benzene rings is 3. The third-order valence-electron chi connectivity index (χ3n) is 4.16. The van der Waals surface area contributed by atoms with Gasteiger partial charge in [-0.25, -0.2) is 4.98 Å². The summed E-state index contributed by atoms with van der Waals surface area (Å²) in [5.74, 6) is 0. The van der Waals surface area contributed by atoms with Crippen LogP contribution in [0.25, 0.3) is 38.4 Å². The van der Waals surface area contributed by atoms with Gasteiger partial charge in [-0.3, -0.25) is 4.40 Å². The first kappa shape index (κ1) is 17.0. The van der Waals surface area contributed by atoms with Crippen molar-refractivity contribution in [2.45, 2.75) is 27.7 Å². The van der Waals surface area contributed by atoms with Crippen LogP contribution in [0.3, 0.4) is 0 Å². The molecule has 0 atom stereocenters. The number of aromatic nitrogens is 2. The minimum atomic E-state index is 1.03. The summed E-state index contributed by atoms with van der Waals surface area (Å²) in [6.07, 6.45) is 0. The first-order valence-corrected chi connectivity index (χ1v) is 9.10. The second kappa shape index (κ2) is 7.35. The van der Waals surface area contributed by atoms with Crippen molar-refractivity contribution in [3.05, 3.63) is 72.8 Å². The Bertz CT molecular complexity index is 1140. The highest BCUT2D eigenvalue weighted by Gasteiger charge is 2.12. The van der Waals surface area contributed by atoms with Gasteiger partial charge in [-0.2, -0.15) is 0 Å². The minimum Gasteiger partial charge on any atom is -0.292 e. The lowest BCUT2D eigenvalue weighted by atomic mass is 10.1. The summed E-state index contributed by atoms with van der Waals surface area (Å²) in [6.45, 7) is 8.00. The van der Waals surface area contributed by atoms with Crippen molar-refractivity contribution in [2.75, 3.05) is 0 Å². The first-order valence-electron chi connectivity index (χ1n) is 9.10. The van der Waals surface area contributed by atoms with Crippen molar-refractivity contribution in [3.8, 4) is 0 Å². The Kier molecular flexibility index (Phi) is 4.99. The normalized spacial score (nSPS) is 10.4. The summed E-state index contributed by atoms with van der Waals surface area (Å²) >= 11 is 0. The average Bonchev–Trinajstić information content (AvgIpc) is 3.11. The number of hydrogen-bond acceptors (Lipinski definition) is 1. The van der Waals surface area contributed by atoms with E-state index >= 15 is 0 Å². The van der Waals surface area contributed by atoms with Crippen LogP contribution in [0, 0.1) is 0 Å². The van der Waals surface area contributed by atoms with Gasteiger partial charge in [0, 0.05) is 10.8 Å². The number of hydrogen-bond donors (Lipinski definition) is 0. The minimum absolute atomic E-state index is 1.03. The molecule has 25 heavy (non-hydrogen) atoms. The van der Waals surface area contributed by atoms with Crippen LogP contribution in [0.4, 0.5) is 0 Å². The summed E-state index contributed by atoms with van der Waals surface area (Å²) in [5, 5.41) is 3.73. The van der Waals surface area contributed by atoms with E-state index in [4.69, 9.17) is 4.98 Å². The van der Waals surface area contributed by atoms with Crippen LogP contribution in [0.5, 0.6) is 0 Å². The Morgan fingerprint density at radius 1 is 0.560 bits per heavy atom. The highest BCUT2D eigenvalue weighted by atomic mass is 15.0. The molecule has 126 valence electrons. The lowest BCUT2D eigenvalue weighted by molar-refractivity contribution is 1.31. The highest BCUT2D eigenvalue weighted by Crippen LogP contribution is 2.31. The topological polar surface area (TPSA) is 17.3 Å². The van der Waals surface area contributed by atoms with Gasteiger partial charge in [0.2, 0.25) is 0 Å². The second-order valence-electron chi connectivity index (χ2n) is 5.32. The largest absolute Gasteiger partial charge is 0.292 e. The molecule has 3 aromatic carbocycles. The van der Waals surface area contributed by atoms with E-state index in [1.165, 1.54) is 21.7 Å². The molecule has 2 heterocycles. The van der Waals surface area contributed by atoms with Gasteiger partial charge in [0.25, 0.3) is 0 Å². The fourth-order valence-electron chi connectivity index (χ4n) is 3.26. The molecule has 2 heteroatoms. The van der Waals surface area contributed by atoms with Gasteiger partial charge in [0.1, 0.15) is 5.65 Å². The Morgan fingerprint density at radius 3 is 1.80 bits per heavy atom. The fourth-order valence-corrected chi connectivity index (χ4v) is 3.26. The van der Waals surface area contributed by atoms with E-state index < -0.39 is 0 Å². The van der Waals surface area contributed by atoms with E-state index in [9.17, 15) is 0 Å². The SMILES string of the molecule is CC.CC.c1ccc2c(c1)nc1c3ccccc3c3ccccc3n21. The van der Waals surface area contributed by atoms with Crippen LogP contribution in [-0.4, -0.2) is 9.38 Å². The maximum Gasteiger partial charge on any atom is 0.146 e. The Balaban J connectivity index is 0.000000428. The van der Waals surface area contributed by atoms with Crippen LogP contribution in [0.1, 0.15) is 27.7 Å². The second-order valence-corrected chi connectivity index (χ2v) is 5.32. The lowest BCUT2D eigenvalue weighted by Crippen LogP contribution is -1.90. The number of imidazole rings is 1. The third-order valence-corrected chi connectivity index (χ3v) is 4.16. The van der Waals surface area contributed by atoms with Gasteiger partial charge in [-0.15, -0.1) is 0 Å². The number of fused-ring (bicyclic) bond motifs is 8. The summed E-state index contributed by atoms with van der Waals surface area (Å²) in [4.78, 5) is 4.86. The molecule has 2 nitrogen and oxygen atoms in total. The number of para-hydroxylation sites is 3. The van der Waals surface area contributed by atoms with Gasteiger partial charge < -0.3 is 0 Å². The van der Waals surface area contributed by atoms with Gasteiger partial charge in [-0.05, 0) is 23.6 Å². The monoisotopic (exact) mass is 328 g/mol. The summed E-state index contributed by atoms with van der Waals surface area (Å²) < 4.78 is 2.27. The van der Waals surface area contributed by atoms with Gasteiger partial charge in [0.05, 0.1) is 16.6 Å². The van der Waals surface area contributed by atoms with Gasteiger partial charge in [-0.1, -0.05) is 82.3 Å². The number of nitrogens with zero attached hydrogens (tertiary/aromatic N) is 2. The highest BCUT2D eigenvalue weighted by molar-refractivity contribution is 6.13. The lowest BCUT2D eigenvalue weighted by Gasteiger charge is -2.08. The maximum absolute atomic E-state index is 4.86. The Hall–Kier alpha value is -2.87. The zero-order chi connectivity index (χ0) is 17.8. The quantitative estimate of drug-likeness (QED) is 0.284. The van der Waals surface area contributed by atoms with Crippen LogP contribution >= 0.6 is 0 Å². The van der Waals surface area contributed by atoms with E-state index in [2.05, 4.69) is 71.1 Å². The molecule has 0 bridgehead atoms. The van der Waals surface area contributed by atoms with Crippen LogP contribution in [-0.2, 0) is 0 Å². The van der Waals surface area contributed by atoms with E-state index in [1.807, 2.05) is 33.8 Å². The molecule has 5 rings (SSSR count). The standard InChI is InChI=1S/C19H12N2.2C2H6/c1-2-9-15-13(7-1)14-8-3-5-11-17(14)21-18-12-6-4-10-16(18)20-19(15)21;2*1-2/h1-12H;2*1-2H3. The molecule has 0 aliphatic rings. The predicted molar refractivity (Wildman–Crippen MR) is 110 cm³/mol. The summed E-state index contributed by atoms with van der Waals surface area (Å²) in [6, 6.07) is 25.4. The third kappa shape index (κ3) is 2.64. The number of pyridine rings is 1. The average molecular weight is 328 g/mol. The van der Waals surface area contributed by atoms with E-state index in [0.717, 1.165) is 16.7 Å². The molecule has 0 aliphatic carbocycles. The molecule has 0 amide bonds. The molecule has 0 saturated heterocycles. The van der Waals surface area contributed by atoms with E-state index in [-0.39, 0.29) is 0 Å². The Morgan fingerprint density at radius 2 is 1.08 bits per heavy atom. The maximum atomic E-state index is 4.86. The van der Waals surface area contributed by atoms with E-state index in [1.54, 1.807) is 0 Å². The fraction of sp³-hybridized carbons (Fsp3) is 0.174. The smallest absolute Gasteiger partial charge is 0.146 e. The molecule has 0 spiro atoms. The van der Waals surface area contributed by atoms with Crippen molar-refractivity contribution < 1.29 is 0 Å². The first-order chi connectivity index (χ1) is 12.4. The van der Waals surface area contributed by atoms with Crippen molar-refractivity contribution in [2.24, 2.45) is 0 Å². The van der Waals surface area contributed by atoms with Crippen LogP contribution in [0.15, 0.2) is 72.8 Å². The number of rotatable bonds is 0. The van der Waals surface area contributed by atoms with Crippen molar-refractivity contribution >= 4 is 38.4 Å². The summed E-state index contributed by atoms with van der Waals surface area (Å²) in [5.41, 5.74) is 4.44. The molecular weight excluding hydrogens is 304 g/mol. The van der Waals surface area contributed by atoms with Gasteiger partial charge in [0.15, 0.2) is 0 Å². The molecule has 0 unspecified atom stereocenters. The van der Waals surface area contributed by atoms with Crippen LogP contribution < -0.4 is 0 Å².